The van der Waals surface area contributed by atoms with Crippen molar-refractivity contribution in [1.29, 1.82) is 0 Å². The van der Waals surface area contributed by atoms with Crippen LogP contribution < -0.4 is 0 Å². The Bertz CT molecular complexity index is 562. The predicted molar refractivity (Wildman–Crippen MR) is 88.4 cm³/mol. The first kappa shape index (κ1) is 14.6. The average Bonchev–Trinajstić information content (AvgIpc) is 2.42. The first-order valence-electron chi connectivity index (χ1n) is 7.33. The summed E-state index contributed by atoms with van der Waals surface area (Å²) < 4.78 is 0. The third kappa shape index (κ3) is 3.84. The molecule has 0 aliphatic rings. The molecule has 2 aromatic rings. The van der Waals surface area contributed by atoms with Gasteiger partial charge in [-0.05, 0) is 62.8 Å². The summed E-state index contributed by atoms with van der Waals surface area (Å²) in [5, 5.41) is 0. The van der Waals surface area contributed by atoms with Gasteiger partial charge in [0.15, 0.2) is 0 Å². The molecule has 0 aliphatic heterocycles. The smallest absolute Gasteiger partial charge is 0.00946 e. The molecule has 0 amide bonds. The van der Waals surface area contributed by atoms with E-state index in [1.54, 1.807) is 0 Å². The zero-order valence-corrected chi connectivity index (χ0v) is 13.0. The SMILES string of the molecule is Cc1ccc(C)c(C/C=C/Cc2cc(C)ccc2C)c1. The van der Waals surface area contributed by atoms with E-state index in [0.29, 0.717) is 0 Å². The van der Waals surface area contributed by atoms with Crippen molar-refractivity contribution in [3.63, 3.8) is 0 Å². The Labute approximate surface area is 123 Å². The molecule has 0 unspecified atom stereocenters. The van der Waals surface area contributed by atoms with Crippen molar-refractivity contribution in [1.82, 2.24) is 0 Å². The summed E-state index contributed by atoms with van der Waals surface area (Å²) in [6.45, 7) is 8.69. The van der Waals surface area contributed by atoms with Gasteiger partial charge in [0.25, 0.3) is 0 Å². The molecule has 0 nitrogen and oxygen atoms in total. The minimum atomic E-state index is 1.03. The molecule has 0 saturated carbocycles. The standard InChI is InChI=1S/C20H24/c1-15-9-11-17(3)19(13-15)7-5-6-8-20-14-16(2)10-12-18(20)4/h5-6,9-14H,7-8H2,1-4H3/b6-5+. The molecule has 0 heteroatoms. The molecule has 2 aromatic carbocycles. The predicted octanol–water partition coefficient (Wildman–Crippen LogP) is 5.26. The van der Waals surface area contributed by atoms with Gasteiger partial charge in [0.2, 0.25) is 0 Å². The van der Waals surface area contributed by atoms with E-state index in [1.165, 1.54) is 33.4 Å². The Kier molecular flexibility index (Phi) is 4.79. The van der Waals surface area contributed by atoms with Crippen LogP contribution in [0.25, 0.3) is 0 Å². The summed E-state index contributed by atoms with van der Waals surface area (Å²) >= 11 is 0. The van der Waals surface area contributed by atoms with Crippen molar-refractivity contribution in [3.8, 4) is 0 Å². The molecule has 0 bridgehead atoms. The number of benzene rings is 2. The van der Waals surface area contributed by atoms with E-state index in [-0.39, 0.29) is 0 Å². The second-order valence-corrected chi connectivity index (χ2v) is 5.74. The van der Waals surface area contributed by atoms with Crippen LogP contribution in [0.4, 0.5) is 0 Å². The van der Waals surface area contributed by atoms with Crippen LogP contribution in [0.2, 0.25) is 0 Å². The van der Waals surface area contributed by atoms with Crippen LogP contribution in [0.15, 0.2) is 48.6 Å². The fourth-order valence-electron chi connectivity index (χ4n) is 2.46. The van der Waals surface area contributed by atoms with Crippen LogP contribution in [0.5, 0.6) is 0 Å². The number of allylic oxidation sites excluding steroid dienone is 2. The Hall–Kier alpha value is -1.82. The molecule has 0 spiro atoms. The number of hydrogen-bond donors (Lipinski definition) is 0. The zero-order chi connectivity index (χ0) is 14.5. The van der Waals surface area contributed by atoms with Gasteiger partial charge in [-0.1, -0.05) is 59.7 Å². The maximum absolute atomic E-state index is 2.30. The zero-order valence-electron chi connectivity index (χ0n) is 13.0. The van der Waals surface area contributed by atoms with Gasteiger partial charge in [-0.2, -0.15) is 0 Å². The lowest BCUT2D eigenvalue weighted by molar-refractivity contribution is 1.15. The highest BCUT2D eigenvalue weighted by molar-refractivity contribution is 5.33. The van der Waals surface area contributed by atoms with Gasteiger partial charge in [-0.25, -0.2) is 0 Å². The molecule has 2 rings (SSSR count). The fraction of sp³-hybridized carbons (Fsp3) is 0.300. The normalized spacial score (nSPS) is 11.2. The topological polar surface area (TPSA) is 0 Å². The van der Waals surface area contributed by atoms with Crippen molar-refractivity contribution >= 4 is 0 Å². The minimum Gasteiger partial charge on any atom is -0.0838 e. The highest BCUT2D eigenvalue weighted by atomic mass is 14.0. The molecule has 20 heavy (non-hydrogen) atoms. The molecule has 0 aliphatic carbocycles. The van der Waals surface area contributed by atoms with Crippen molar-refractivity contribution in [2.45, 2.75) is 40.5 Å². The van der Waals surface area contributed by atoms with Gasteiger partial charge >= 0.3 is 0 Å². The van der Waals surface area contributed by atoms with Crippen LogP contribution >= 0.6 is 0 Å². The summed E-state index contributed by atoms with van der Waals surface area (Å²) in [6, 6.07) is 13.4. The van der Waals surface area contributed by atoms with Gasteiger partial charge in [0.1, 0.15) is 0 Å². The maximum Gasteiger partial charge on any atom is -0.00946 e. The summed E-state index contributed by atoms with van der Waals surface area (Å²) in [6.07, 6.45) is 6.64. The summed E-state index contributed by atoms with van der Waals surface area (Å²) in [5.41, 5.74) is 8.31. The minimum absolute atomic E-state index is 1.03. The third-order valence-electron chi connectivity index (χ3n) is 3.85. The van der Waals surface area contributed by atoms with Crippen LogP contribution in [-0.4, -0.2) is 0 Å². The Balaban J connectivity index is 2.00. The van der Waals surface area contributed by atoms with E-state index < -0.39 is 0 Å². The van der Waals surface area contributed by atoms with Crippen molar-refractivity contribution < 1.29 is 0 Å². The van der Waals surface area contributed by atoms with Crippen LogP contribution in [0.3, 0.4) is 0 Å². The average molecular weight is 264 g/mol. The molecular weight excluding hydrogens is 240 g/mol. The van der Waals surface area contributed by atoms with E-state index >= 15 is 0 Å². The van der Waals surface area contributed by atoms with Gasteiger partial charge in [0.05, 0.1) is 0 Å². The summed E-state index contributed by atoms with van der Waals surface area (Å²) in [7, 11) is 0. The highest BCUT2D eigenvalue weighted by Crippen LogP contribution is 2.14. The molecule has 0 N–H and O–H groups in total. The van der Waals surface area contributed by atoms with E-state index in [1.807, 2.05) is 0 Å². The van der Waals surface area contributed by atoms with Crippen LogP contribution in [0, 0.1) is 27.7 Å². The van der Waals surface area contributed by atoms with E-state index in [0.717, 1.165) is 12.8 Å². The molecule has 0 aromatic heterocycles. The van der Waals surface area contributed by atoms with E-state index in [4.69, 9.17) is 0 Å². The monoisotopic (exact) mass is 264 g/mol. The van der Waals surface area contributed by atoms with Crippen molar-refractivity contribution in [2.75, 3.05) is 0 Å². The second-order valence-electron chi connectivity index (χ2n) is 5.74. The molecule has 0 fully saturated rings. The third-order valence-corrected chi connectivity index (χ3v) is 3.85. The Morgan fingerprint density at radius 1 is 0.650 bits per heavy atom. The fourth-order valence-corrected chi connectivity index (χ4v) is 2.46. The largest absolute Gasteiger partial charge is 0.0838 e. The Morgan fingerprint density at radius 3 is 1.45 bits per heavy atom. The molecule has 0 heterocycles. The molecular formula is C20H24. The van der Waals surface area contributed by atoms with Gasteiger partial charge < -0.3 is 0 Å². The van der Waals surface area contributed by atoms with Crippen LogP contribution in [0.1, 0.15) is 33.4 Å². The van der Waals surface area contributed by atoms with Gasteiger partial charge in [0, 0.05) is 0 Å². The number of hydrogen-bond acceptors (Lipinski definition) is 0. The molecule has 0 atom stereocenters. The number of rotatable bonds is 4. The first-order chi connectivity index (χ1) is 9.56. The van der Waals surface area contributed by atoms with Gasteiger partial charge in [-0.3, -0.25) is 0 Å². The van der Waals surface area contributed by atoms with E-state index in [9.17, 15) is 0 Å². The molecule has 104 valence electrons. The van der Waals surface area contributed by atoms with Crippen LogP contribution in [-0.2, 0) is 12.8 Å². The highest BCUT2D eigenvalue weighted by Gasteiger charge is 1.98. The van der Waals surface area contributed by atoms with E-state index in [2.05, 4.69) is 76.2 Å². The lowest BCUT2D eigenvalue weighted by atomic mass is 10.0. The summed E-state index contributed by atoms with van der Waals surface area (Å²) in [4.78, 5) is 0. The lowest BCUT2D eigenvalue weighted by Gasteiger charge is -2.05. The maximum atomic E-state index is 2.30. The van der Waals surface area contributed by atoms with Crippen molar-refractivity contribution in [2.24, 2.45) is 0 Å². The lowest BCUT2D eigenvalue weighted by Crippen LogP contribution is -1.90. The van der Waals surface area contributed by atoms with Gasteiger partial charge in [-0.15, -0.1) is 0 Å². The Morgan fingerprint density at radius 2 is 1.05 bits per heavy atom. The molecule has 0 radical (unpaired) electrons. The number of aryl methyl sites for hydroxylation is 4. The quantitative estimate of drug-likeness (QED) is 0.661. The van der Waals surface area contributed by atoms with Crippen molar-refractivity contribution in [3.05, 3.63) is 81.9 Å². The first-order valence-corrected chi connectivity index (χ1v) is 7.33. The summed E-state index contributed by atoms with van der Waals surface area (Å²) in [5.74, 6) is 0. The second kappa shape index (κ2) is 6.56. The molecule has 0 saturated heterocycles.